The van der Waals surface area contributed by atoms with E-state index in [4.69, 9.17) is 11.6 Å². The zero-order valence-corrected chi connectivity index (χ0v) is 12.6. The van der Waals surface area contributed by atoms with Crippen molar-refractivity contribution in [2.45, 2.75) is 39.1 Å². The van der Waals surface area contributed by atoms with Gasteiger partial charge in [-0.25, -0.2) is 9.97 Å². The number of carbonyl (C=O) groups is 1. The molecule has 0 radical (unpaired) electrons. The fraction of sp³-hybridized carbons (Fsp3) is 0.500. The third-order valence-electron chi connectivity index (χ3n) is 3.17. The summed E-state index contributed by atoms with van der Waals surface area (Å²) in [5.74, 6) is 1.11. The maximum Gasteiger partial charge on any atom is 0.221 e. The van der Waals surface area contributed by atoms with Crippen molar-refractivity contribution in [1.82, 2.24) is 19.9 Å². The summed E-state index contributed by atoms with van der Waals surface area (Å²) in [5, 5.41) is 2.87. The van der Waals surface area contributed by atoms with E-state index in [1.54, 1.807) is 6.20 Å². The molecule has 0 aliphatic heterocycles. The quantitative estimate of drug-likeness (QED) is 0.832. The predicted octanol–water partition coefficient (Wildman–Crippen LogP) is 2.39. The lowest BCUT2D eigenvalue weighted by molar-refractivity contribution is -0.121. The molecule has 0 unspecified atom stereocenters. The Balaban J connectivity index is 2.20. The molecule has 1 N–H and O–H groups in total. The van der Waals surface area contributed by atoms with Crippen molar-refractivity contribution in [2.75, 3.05) is 6.54 Å². The van der Waals surface area contributed by atoms with Crippen LogP contribution < -0.4 is 5.32 Å². The predicted molar refractivity (Wildman–Crippen MR) is 79.7 cm³/mol. The van der Waals surface area contributed by atoms with Gasteiger partial charge in [0.05, 0.1) is 5.88 Å². The molecule has 0 aliphatic rings. The van der Waals surface area contributed by atoms with Crippen LogP contribution in [-0.2, 0) is 17.2 Å². The van der Waals surface area contributed by atoms with Gasteiger partial charge in [-0.05, 0) is 25.0 Å². The third-order valence-corrected chi connectivity index (χ3v) is 3.41. The monoisotopic (exact) mass is 294 g/mol. The van der Waals surface area contributed by atoms with E-state index in [1.807, 2.05) is 24.5 Å². The number of fused-ring (bicyclic) bond motifs is 1. The van der Waals surface area contributed by atoms with E-state index < -0.39 is 0 Å². The van der Waals surface area contributed by atoms with Crippen LogP contribution >= 0.6 is 11.6 Å². The van der Waals surface area contributed by atoms with Crippen LogP contribution in [0.2, 0.25) is 0 Å². The Morgan fingerprint density at radius 2 is 2.30 bits per heavy atom. The fourth-order valence-electron chi connectivity index (χ4n) is 2.09. The molecule has 0 aliphatic carbocycles. The maximum atomic E-state index is 11.7. The number of hydrogen-bond acceptors (Lipinski definition) is 3. The second-order valence-corrected chi connectivity index (χ2v) is 4.98. The molecule has 0 atom stereocenters. The van der Waals surface area contributed by atoms with E-state index in [-0.39, 0.29) is 5.91 Å². The Morgan fingerprint density at radius 3 is 3.00 bits per heavy atom. The first kappa shape index (κ1) is 14.8. The molecule has 0 spiro atoms. The maximum absolute atomic E-state index is 11.7. The summed E-state index contributed by atoms with van der Waals surface area (Å²) in [6.45, 7) is 5.28. The van der Waals surface area contributed by atoms with Gasteiger partial charge >= 0.3 is 0 Å². The van der Waals surface area contributed by atoms with Crippen LogP contribution in [0.4, 0.5) is 0 Å². The van der Waals surface area contributed by atoms with Crippen molar-refractivity contribution in [1.29, 1.82) is 0 Å². The molecule has 108 valence electrons. The normalized spacial score (nSPS) is 10.9. The van der Waals surface area contributed by atoms with Crippen molar-refractivity contribution >= 4 is 28.7 Å². The molecule has 0 saturated heterocycles. The highest BCUT2D eigenvalue weighted by atomic mass is 35.5. The van der Waals surface area contributed by atoms with Gasteiger partial charge in [0.15, 0.2) is 5.65 Å². The van der Waals surface area contributed by atoms with E-state index >= 15 is 0 Å². The minimum Gasteiger partial charge on any atom is -0.356 e. The summed E-state index contributed by atoms with van der Waals surface area (Å²) in [5.41, 5.74) is 2.72. The van der Waals surface area contributed by atoms with E-state index in [0.29, 0.717) is 25.4 Å². The van der Waals surface area contributed by atoms with Crippen LogP contribution in [0.1, 0.15) is 31.2 Å². The Labute approximate surface area is 123 Å². The van der Waals surface area contributed by atoms with Crippen LogP contribution in [0.3, 0.4) is 0 Å². The van der Waals surface area contributed by atoms with Gasteiger partial charge in [-0.3, -0.25) is 4.79 Å². The molecule has 2 heterocycles. The van der Waals surface area contributed by atoms with Crippen LogP contribution in [0, 0.1) is 6.92 Å². The van der Waals surface area contributed by atoms with Crippen molar-refractivity contribution in [3.05, 3.63) is 23.7 Å². The number of nitrogens with zero attached hydrogens (tertiary/aromatic N) is 3. The van der Waals surface area contributed by atoms with E-state index in [9.17, 15) is 4.79 Å². The zero-order valence-electron chi connectivity index (χ0n) is 11.8. The summed E-state index contributed by atoms with van der Waals surface area (Å²) >= 11 is 5.94. The summed E-state index contributed by atoms with van der Waals surface area (Å²) in [6, 6.07) is 1.92. The summed E-state index contributed by atoms with van der Waals surface area (Å²) in [7, 11) is 0. The van der Waals surface area contributed by atoms with Gasteiger partial charge in [-0.1, -0.05) is 6.92 Å². The number of alkyl halides is 1. The first-order valence-corrected chi connectivity index (χ1v) is 7.34. The third kappa shape index (κ3) is 3.10. The van der Waals surface area contributed by atoms with Gasteiger partial charge < -0.3 is 9.88 Å². The van der Waals surface area contributed by atoms with Crippen molar-refractivity contribution in [3.63, 3.8) is 0 Å². The van der Waals surface area contributed by atoms with E-state index in [2.05, 4.69) is 15.3 Å². The first-order chi connectivity index (χ1) is 9.67. The van der Waals surface area contributed by atoms with Gasteiger partial charge in [0.25, 0.3) is 0 Å². The number of aryl methyl sites for hydroxylation is 2. The lowest BCUT2D eigenvalue weighted by atomic mass is 10.3. The highest BCUT2D eigenvalue weighted by molar-refractivity contribution is 6.16. The zero-order chi connectivity index (χ0) is 14.5. The lowest BCUT2D eigenvalue weighted by Crippen LogP contribution is -2.25. The second-order valence-electron chi connectivity index (χ2n) is 4.71. The van der Waals surface area contributed by atoms with Gasteiger partial charge in [0, 0.05) is 25.7 Å². The number of halogens is 1. The minimum absolute atomic E-state index is 0.0434. The molecule has 0 aromatic carbocycles. The molecule has 0 fully saturated rings. The average molecular weight is 295 g/mol. The van der Waals surface area contributed by atoms with Gasteiger partial charge in [-0.15, -0.1) is 11.6 Å². The fourth-order valence-corrected chi connectivity index (χ4v) is 2.29. The first-order valence-electron chi connectivity index (χ1n) is 6.80. The number of aromatic nitrogens is 3. The van der Waals surface area contributed by atoms with Crippen molar-refractivity contribution < 1.29 is 4.79 Å². The molecule has 5 nitrogen and oxygen atoms in total. The largest absolute Gasteiger partial charge is 0.356 e. The van der Waals surface area contributed by atoms with Gasteiger partial charge in [-0.2, -0.15) is 0 Å². The average Bonchev–Trinajstić information content (AvgIpc) is 2.82. The van der Waals surface area contributed by atoms with Crippen LogP contribution in [-0.4, -0.2) is 27.0 Å². The van der Waals surface area contributed by atoms with Crippen molar-refractivity contribution in [2.24, 2.45) is 0 Å². The molecule has 2 aromatic rings. The number of hydrogen-bond donors (Lipinski definition) is 1. The topological polar surface area (TPSA) is 59.8 Å². The molecule has 0 saturated carbocycles. The lowest BCUT2D eigenvalue weighted by Gasteiger charge is -2.07. The van der Waals surface area contributed by atoms with Crippen LogP contribution in [0.15, 0.2) is 12.3 Å². The minimum atomic E-state index is 0.0434. The Morgan fingerprint density at radius 1 is 1.50 bits per heavy atom. The van der Waals surface area contributed by atoms with Gasteiger partial charge in [0.1, 0.15) is 11.3 Å². The number of imidazole rings is 1. The van der Waals surface area contributed by atoms with Crippen LogP contribution in [0.5, 0.6) is 0 Å². The number of nitrogens with one attached hydrogen (secondary N) is 1. The number of pyridine rings is 1. The molecule has 0 bridgehead atoms. The molecule has 20 heavy (non-hydrogen) atoms. The molecular formula is C14H19ClN4O. The summed E-state index contributed by atoms with van der Waals surface area (Å²) in [4.78, 5) is 20.6. The molecule has 1 amide bonds. The number of rotatable bonds is 6. The Hall–Kier alpha value is -1.62. The smallest absolute Gasteiger partial charge is 0.221 e. The summed E-state index contributed by atoms with van der Waals surface area (Å²) in [6.07, 6.45) is 3.10. The Bertz CT molecular complexity index is 608. The second kappa shape index (κ2) is 6.70. The van der Waals surface area contributed by atoms with E-state index in [0.717, 1.165) is 29.0 Å². The number of carbonyl (C=O) groups excluding carboxylic acids is 1. The molecule has 6 heteroatoms. The SMILES string of the molecule is CCCNC(=O)CCn1c(CCl)nc2c(C)ccnc21. The highest BCUT2D eigenvalue weighted by Gasteiger charge is 2.13. The molecule has 2 aromatic heterocycles. The molecule has 2 rings (SSSR count). The van der Waals surface area contributed by atoms with Gasteiger partial charge in [0.2, 0.25) is 5.91 Å². The van der Waals surface area contributed by atoms with Crippen molar-refractivity contribution in [3.8, 4) is 0 Å². The van der Waals surface area contributed by atoms with Crippen LogP contribution in [0.25, 0.3) is 11.2 Å². The number of amides is 1. The highest BCUT2D eigenvalue weighted by Crippen LogP contribution is 2.18. The standard InChI is InChI=1S/C14H19ClN4O/c1-3-6-16-12(20)5-8-19-11(9-15)18-13-10(2)4-7-17-14(13)19/h4,7H,3,5-6,8-9H2,1-2H3,(H,16,20). The Kier molecular flexibility index (Phi) is 4.95. The molecular weight excluding hydrogens is 276 g/mol. The van der Waals surface area contributed by atoms with E-state index in [1.165, 1.54) is 0 Å². The summed E-state index contributed by atoms with van der Waals surface area (Å²) < 4.78 is 1.93.